The van der Waals surface area contributed by atoms with Crippen LogP contribution in [0.1, 0.15) is 31.9 Å². The fraction of sp³-hybridized carbons (Fsp3) is 0.278. The van der Waals surface area contributed by atoms with Gasteiger partial charge in [0.15, 0.2) is 12.6 Å². The molecule has 1 N–H and O–H groups in total. The molecule has 0 amide bonds. The Morgan fingerprint density at radius 1 is 1.24 bits per heavy atom. The molecule has 7 heteroatoms. The SMILES string of the molecule is Cc1ccc(O)c(C(=O)[C@H](Br)[C@H](Br)c2cc(Br)cc3c2OCOC3)c1. The molecule has 4 nitrogen and oxygen atoms in total. The van der Waals surface area contributed by atoms with Gasteiger partial charge in [-0.2, -0.15) is 0 Å². The highest BCUT2D eigenvalue weighted by atomic mass is 79.9. The summed E-state index contributed by atoms with van der Waals surface area (Å²) in [6, 6.07) is 8.84. The molecule has 1 aliphatic rings. The van der Waals surface area contributed by atoms with Crippen molar-refractivity contribution in [1.29, 1.82) is 0 Å². The highest BCUT2D eigenvalue weighted by molar-refractivity contribution is 9.12. The van der Waals surface area contributed by atoms with Crippen LogP contribution < -0.4 is 4.74 Å². The molecule has 0 saturated carbocycles. The summed E-state index contributed by atoms with van der Waals surface area (Å²) in [6.45, 7) is 2.52. The molecular formula is C18H15Br3O4. The largest absolute Gasteiger partial charge is 0.507 e. The summed E-state index contributed by atoms with van der Waals surface area (Å²) in [6.07, 6.45) is 0. The molecule has 0 saturated heterocycles. The van der Waals surface area contributed by atoms with Gasteiger partial charge < -0.3 is 14.6 Å². The number of fused-ring (bicyclic) bond motifs is 1. The van der Waals surface area contributed by atoms with Crippen LogP contribution in [0.3, 0.4) is 0 Å². The van der Waals surface area contributed by atoms with Gasteiger partial charge in [0.25, 0.3) is 0 Å². The van der Waals surface area contributed by atoms with Crippen molar-refractivity contribution in [3.05, 3.63) is 57.1 Å². The second kappa shape index (κ2) is 7.78. The lowest BCUT2D eigenvalue weighted by atomic mass is 9.98. The van der Waals surface area contributed by atoms with Crippen LogP contribution >= 0.6 is 47.8 Å². The van der Waals surface area contributed by atoms with Gasteiger partial charge in [0.05, 0.1) is 21.8 Å². The lowest BCUT2D eigenvalue weighted by Gasteiger charge is -2.25. The van der Waals surface area contributed by atoms with Crippen molar-refractivity contribution in [3.8, 4) is 11.5 Å². The lowest BCUT2D eigenvalue weighted by Crippen LogP contribution is -2.21. The number of aryl methyl sites for hydroxylation is 1. The zero-order valence-electron chi connectivity index (χ0n) is 13.3. The third-order valence-corrected chi connectivity index (χ3v) is 7.06. The Labute approximate surface area is 170 Å². The second-order valence-electron chi connectivity index (χ2n) is 5.78. The average molecular weight is 535 g/mol. The van der Waals surface area contributed by atoms with Gasteiger partial charge in [-0.05, 0) is 31.2 Å². The Morgan fingerprint density at radius 3 is 2.76 bits per heavy atom. The van der Waals surface area contributed by atoms with E-state index in [-0.39, 0.29) is 23.2 Å². The Kier molecular flexibility index (Phi) is 5.88. The first-order valence-corrected chi connectivity index (χ1v) is 10.2. The van der Waals surface area contributed by atoms with E-state index < -0.39 is 4.83 Å². The summed E-state index contributed by atoms with van der Waals surface area (Å²) in [5, 5.41) is 10.0. The maximum atomic E-state index is 12.9. The minimum Gasteiger partial charge on any atom is -0.507 e. The first-order valence-electron chi connectivity index (χ1n) is 7.53. The molecule has 3 rings (SSSR count). The number of carbonyl (C=O) groups is 1. The first kappa shape index (κ1) is 18.9. The monoisotopic (exact) mass is 532 g/mol. The van der Waals surface area contributed by atoms with Crippen LogP contribution in [0.2, 0.25) is 0 Å². The topological polar surface area (TPSA) is 55.8 Å². The number of ether oxygens (including phenoxy) is 2. The summed E-state index contributed by atoms with van der Waals surface area (Å²) in [5.41, 5.74) is 2.97. The van der Waals surface area contributed by atoms with Crippen LogP contribution in [0.25, 0.3) is 0 Å². The van der Waals surface area contributed by atoms with Gasteiger partial charge >= 0.3 is 0 Å². The van der Waals surface area contributed by atoms with Crippen LogP contribution in [0.5, 0.6) is 11.5 Å². The number of Topliss-reactive ketones (excluding diaryl/α,β-unsaturated/α-hetero) is 1. The number of phenolic OH excluding ortho intramolecular Hbond substituents is 1. The molecule has 2 aromatic carbocycles. The van der Waals surface area contributed by atoms with E-state index in [4.69, 9.17) is 9.47 Å². The van der Waals surface area contributed by atoms with E-state index in [2.05, 4.69) is 47.8 Å². The number of hydrogen-bond acceptors (Lipinski definition) is 4. The minimum atomic E-state index is -0.579. The molecule has 0 radical (unpaired) electrons. The van der Waals surface area contributed by atoms with E-state index in [0.717, 1.165) is 26.9 Å². The van der Waals surface area contributed by atoms with E-state index in [1.54, 1.807) is 12.1 Å². The molecule has 2 atom stereocenters. The summed E-state index contributed by atoms with van der Waals surface area (Å²) in [4.78, 5) is 11.9. The van der Waals surface area contributed by atoms with Crippen LogP contribution in [-0.4, -0.2) is 22.5 Å². The van der Waals surface area contributed by atoms with Crippen molar-refractivity contribution in [3.63, 3.8) is 0 Å². The summed E-state index contributed by atoms with van der Waals surface area (Å²) >= 11 is 10.6. The quantitative estimate of drug-likeness (QED) is 0.421. The third kappa shape index (κ3) is 3.94. The molecule has 0 aromatic heterocycles. The predicted octanol–water partition coefficient (Wildman–Crippen LogP) is 5.41. The van der Waals surface area contributed by atoms with Gasteiger partial charge in [-0.25, -0.2) is 0 Å². The molecule has 0 bridgehead atoms. The number of carbonyl (C=O) groups excluding carboxylic acids is 1. The van der Waals surface area contributed by atoms with Crippen LogP contribution in [0, 0.1) is 6.92 Å². The second-order valence-corrected chi connectivity index (χ2v) is 8.67. The van der Waals surface area contributed by atoms with Gasteiger partial charge in [-0.1, -0.05) is 59.4 Å². The van der Waals surface area contributed by atoms with Crippen molar-refractivity contribution in [2.24, 2.45) is 0 Å². The number of aromatic hydroxyl groups is 1. The number of halogens is 3. The molecule has 0 unspecified atom stereocenters. The number of phenols is 1. The van der Waals surface area contributed by atoms with Gasteiger partial charge in [-0.15, -0.1) is 0 Å². The number of alkyl halides is 2. The lowest BCUT2D eigenvalue weighted by molar-refractivity contribution is -0.0170. The van der Waals surface area contributed by atoms with Gasteiger partial charge in [-0.3, -0.25) is 4.79 Å². The summed E-state index contributed by atoms with van der Waals surface area (Å²) in [7, 11) is 0. The van der Waals surface area contributed by atoms with Crippen LogP contribution in [-0.2, 0) is 11.3 Å². The standard InChI is InChI=1S/C18H15Br3O4/c1-9-2-3-14(22)12(4-9)17(23)16(21)15(20)13-6-11(19)5-10-7-24-8-25-18(10)13/h2-6,15-16,22H,7-8H2,1H3/t15-,16-/m1/s1. The average Bonchev–Trinajstić information content (AvgIpc) is 2.61. The number of hydrogen-bond donors (Lipinski definition) is 1. The summed E-state index contributed by atoms with van der Waals surface area (Å²) in [5.74, 6) is 0.492. The first-order chi connectivity index (χ1) is 11.9. The predicted molar refractivity (Wildman–Crippen MR) is 106 cm³/mol. The Bertz CT molecular complexity index is 822. The molecule has 25 heavy (non-hydrogen) atoms. The van der Waals surface area contributed by atoms with Crippen molar-refractivity contribution in [2.75, 3.05) is 6.79 Å². The smallest absolute Gasteiger partial charge is 0.189 e. The van der Waals surface area contributed by atoms with E-state index >= 15 is 0 Å². The molecule has 0 spiro atoms. The van der Waals surface area contributed by atoms with Crippen LogP contribution in [0.4, 0.5) is 0 Å². The fourth-order valence-electron chi connectivity index (χ4n) is 2.70. The number of ketones is 1. The number of benzene rings is 2. The van der Waals surface area contributed by atoms with Crippen molar-refractivity contribution in [1.82, 2.24) is 0 Å². The molecule has 1 aliphatic heterocycles. The normalized spacial score (nSPS) is 15.8. The van der Waals surface area contributed by atoms with E-state index in [1.165, 1.54) is 6.07 Å². The Hall–Kier alpha value is -0.890. The van der Waals surface area contributed by atoms with Gasteiger partial charge in [0.1, 0.15) is 11.5 Å². The van der Waals surface area contributed by atoms with Crippen molar-refractivity contribution < 1.29 is 19.4 Å². The molecule has 1 heterocycles. The number of rotatable bonds is 4. The maximum Gasteiger partial charge on any atom is 0.189 e. The molecule has 0 fully saturated rings. The fourth-order valence-corrected chi connectivity index (χ4v) is 4.33. The van der Waals surface area contributed by atoms with Gasteiger partial charge in [0.2, 0.25) is 0 Å². The zero-order chi connectivity index (χ0) is 18.1. The maximum absolute atomic E-state index is 12.9. The summed E-state index contributed by atoms with van der Waals surface area (Å²) < 4.78 is 11.9. The molecule has 0 aliphatic carbocycles. The molecule has 2 aromatic rings. The van der Waals surface area contributed by atoms with Crippen molar-refractivity contribution in [2.45, 2.75) is 23.2 Å². The molecule has 132 valence electrons. The van der Waals surface area contributed by atoms with E-state index in [1.807, 2.05) is 19.1 Å². The zero-order valence-corrected chi connectivity index (χ0v) is 18.0. The Morgan fingerprint density at radius 2 is 2.00 bits per heavy atom. The highest BCUT2D eigenvalue weighted by Crippen LogP contribution is 2.43. The van der Waals surface area contributed by atoms with Crippen LogP contribution in [0.15, 0.2) is 34.8 Å². The van der Waals surface area contributed by atoms with Crippen molar-refractivity contribution >= 4 is 53.6 Å². The van der Waals surface area contributed by atoms with Gasteiger partial charge in [0, 0.05) is 15.6 Å². The van der Waals surface area contributed by atoms with E-state index in [9.17, 15) is 9.90 Å². The molecular weight excluding hydrogens is 520 g/mol. The highest BCUT2D eigenvalue weighted by Gasteiger charge is 2.31. The Balaban J connectivity index is 1.95. The van der Waals surface area contributed by atoms with E-state index in [0.29, 0.717) is 12.2 Å². The third-order valence-electron chi connectivity index (χ3n) is 3.93. The minimum absolute atomic E-state index is 0.0272.